The summed E-state index contributed by atoms with van der Waals surface area (Å²) in [6.07, 6.45) is 3.73. The molecule has 0 aromatic rings. The van der Waals surface area contributed by atoms with E-state index in [1.807, 2.05) is 13.8 Å². The first-order chi connectivity index (χ1) is 22.4. The Kier molecular flexibility index (Phi) is 8.24. The second-order valence-electron chi connectivity index (χ2n) is 16.5. The third-order valence-electron chi connectivity index (χ3n) is 13.9. The number of halogens is 1. The Morgan fingerprint density at radius 3 is 1.87 bits per heavy atom. The number of alkyl halides is 1. The zero-order valence-corrected chi connectivity index (χ0v) is 28.7. The molecule has 8 saturated heterocycles. The maximum absolute atomic E-state index is 13.0. The standard InChI is InChI=1S/C35H53FO11/c1-18-7-9-24-20(3)26(39-29-34(24)22(18)11-13-32(5,42-29)44-46-34)17-27(40-31(37)38-16-15-36)28-21(4)25-10-8-19(2)23-12-14-33(6)43-30(41-28)35(23,25)47-45-33/h18-30H,7-17H2,1-6H3/t18-,19-,20-,21-,22+,23+,24+,25+,26-,27+,28+,29-,30-,32+,33+,34-,35-/m1/s1. The fourth-order valence-corrected chi connectivity index (χ4v) is 11.4. The molecule has 0 radical (unpaired) electrons. The highest BCUT2D eigenvalue weighted by Gasteiger charge is 2.72. The van der Waals surface area contributed by atoms with Gasteiger partial charge in [0.05, 0.1) is 6.10 Å². The second-order valence-corrected chi connectivity index (χ2v) is 16.5. The van der Waals surface area contributed by atoms with Crippen molar-refractivity contribution in [3.63, 3.8) is 0 Å². The molecule has 2 saturated carbocycles. The monoisotopic (exact) mass is 668 g/mol. The largest absolute Gasteiger partial charge is 0.508 e. The highest BCUT2D eigenvalue weighted by atomic mass is 19.1. The van der Waals surface area contributed by atoms with E-state index in [1.54, 1.807) is 0 Å². The van der Waals surface area contributed by atoms with E-state index in [9.17, 15) is 9.18 Å². The molecular weight excluding hydrogens is 615 g/mol. The van der Waals surface area contributed by atoms with Crippen LogP contribution in [-0.4, -0.2) is 73.1 Å². The smallest absolute Gasteiger partial charge is 0.432 e. The van der Waals surface area contributed by atoms with E-state index >= 15 is 0 Å². The van der Waals surface area contributed by atoms with Gasteiger partial charge in [-0.05, 0) is 87.9 Å². The predicted octanol–water partition coefficient (Wildman–Crippen LogP) is 6.37. The minimum absolute atomic E-state index is 0.0369. The molecule has 47 heavy (non-hydrogen) atoms. The molecular formula is C35H53FO11. The number of carbonyl (C=O) groups excluding carboxylic acids is 1. The number of hydrogen-bond donors (Lipinski definition) is 0. The van der Waals surface area contributed by atoms with Crippen LogP contribution in [-0.2, 0) is 48.0 Å². The predicted molar refractivity (Wildman–Crippen MR) is 160 cm³/mol. The fourth-order valence-electron chi connectivity index (χ4n) is 11.4. The van der Waals surface area contributed by atoms with Crippen LogP contribution in [0.1, 0.15) is 99.3 Å². The first kappa shape index (κ1) is 33.0. The summed E-state index contributed by atoms with van der Waals surface area (Å²) in [6.45, 7) is 11.6. The van der Waals surface area contributed by atoms with Crippen molar-refractivity contribution in [2.45, 2.75) is 153 Å². The van der Waals surface area contributed by atoms with E-state index in [2.05, 4.69) is 27.7 Å². The van der Waals surface area contributed by atoms with Crippen LogP contribution >= 0.6 is 0 Å². The summed E-state index contributed by atoms with van der Waals surface area (Å²) in [5, 5.41) is 0. The van der Waals surface area contributed by atoms with Gasteiger partial charge in [-0.3, -0.25) is 0 Å². The van der Waals surface area contributed by atoms with E-state index < -0.39 is 60.4 Å². The maximum atomic E-state index is 13.0. The van der Waals surface area contributed by atoms with Gasteiger partial charge in [0, 0.05) is 31.1 Å². The number of fused-ring (bicyclic) bond motifs is 4. The lowest BCUT2D eigenvalue weighted by molar-refractivity contribution is -0.573. The van der Waals surface area contributed by atoms with E-state index in [1.165, 1.54) is 0 Å². The van der Waals surface area contributed by atoms with E-state index in [4.69, 9.17) is 48.0 Å². The summed E-state index contributed by atoms with van der Waals surface area (Å²) in [6, 6.07) is 0. The van der Waals surface area contributed by atoms with Crippen molar-refractivity contribution in [3.8, 4) is 0 Å². The van der Waals surface area contributed by atoms with Crippen LogP contribution in [0.2, 0.25) is 0 Å². The van der Waals surface area contributed by atoms with Crippen molar-refractivity contribution >= 4 is 6.16 Å². The third kappa shape index (κ3) is 4.97. The van der Waals surface area contributed by atoms with Crippen LogP contribution in [0, 0.1) is 47.3 Å². The summed E-state index contributed by atoms with van der Waals surface area (Å²) >= 11 is 0. The van der Waals surface area contributed by atoms with E-state index in [-0.39, 0.29) is 48.2 Å². The van der Waals surface area contributed by atoms with E-state index in [0.717, 1.165) is 44.9 Å². The van der Waals surface area contributed by atoms with Crippen LogP contribution < -0.4 is 0 Å². The summed E-state index contributed by atoms with van der Waals surface area (Å²) in [5.41, 5.74) is -1.45. The molecule has 0 unspecified atom stereocenters. The van der Waals surface area contributed by atoms with Gasteiger partial charge in [0.15, 0.2) is 23.8 Å². The van der Waals surface area contributed by atoms with Gasteiger partial charge in [-0.1, -0.05) is 27.7 Å². The van der Waals surface area contributed by atoms with Crippen LogP contribution in [0.25, 0.3) is 0 Å². The molecule has 2 spiro atoms. The van der Waals surface area contributed by atoms with Gasteiger partial charge in [0.25, 0.3) is 0 Å². The summed E-state index contributed by atoms with van der Waals surface area (Å²) in [4.78, 5) is 37.8. The molecule has 12 heteroatoms. The van der Waals surface area contributed by atoms with Gasteiger partial charge in [-0.2, -0.15) is 0 Å². The first-order valence-electron chi connectivity index (χ1n) is 18.2. The van der Waals surface area contributed by atoms with Crippen molar-refractivity contribution in [2.75, 3.05) is 13.3 Å². The Morgan fingerprint density at radius 1 is 0.745 bits per heavy atom. The van der Waals surface area contributed by atoms with Crippen LogP contribution in [0.15, 0.2) is 0 Å². The van der Waals surface area contributed by atoms with Crippen molar-refractivity contribution < 1.29 is 57.2 Å². The zero-order chi connectivity index (χ0) is 32.9. The molecule has 0 amide bonds. The second kappa shape index (κ2) is 11.7. The molecule has 17 atom stereocenters. The minimum atomic E-state index is -0.933. The maximum Gasteiger partial charge on any atom is 0.508 e. The van der Waals surface area contributed by atoms with Crippen molar-refractivity contribution in [1.82, 2.24) is 0 Å². The first-order valence-corrected chi connectivity index (χ1v) is 18.2. The van der Waals surface area contributed by atoms with Crippen molar-refractivity contribution in [1.29, 1.82) is 0 Å². The van der Waals surface area contributed by atoms with Gasteiger partial charge in [-0.25, -0.2) is 28.7 Å². The summed E-state index contributed by atoms with van der Waals surface area (Å²) in [5.74, 6) is -0.391. The Labute approximate surface area is 276 Å². The van der Waals surface area contributed by atoms with Crippen molar-refractivity contribution in [3.05, 3.63) is 0 Å². The fraction of sp³-hybridized carbons (Fsp3) is 0.971. The molecule has 4 bridgehead atoms. The molecule has 10 fully saturated rings. The lowest BCUT2D eigenvalue weighted by Crippen LogP contribution is -2.72. The van der Waals surface area contributed by atoms with Gasteiger partial charge in [0.1, 0.15) is 25.5 Å². The Morgan fingerprint density at radius 2 is 1.30 bits per heavy atom. The molecule has 11 nitrogen and oxygen atoms in total. The highest BCUT2D eigenvalue weighted by molar-refractivity contribution is 5.60. The molecule has 0 N–H and O–H groups in total. The molecule has 10 aliphatic rings. The van der Waals surface area contributed by atoms with E-state index in [0.29, 0.717) is 24.7 Å². The summed E-state index contributed by atoms with van der Waals surface area (Å²) < 4.78 is 51.3. The molecule has 8 heterocycles. The third-order valence-corrected chi connectivity index (χ3v) is 13.9. The lowest BCUT2D eigenvalue weighted by Gasteiger charge is -2.62. The SMILES string of the molecule is C[C@H]1[C@@H]([C@H](C[C@H]2O[C@@H]3O[C@]4(C)CC[C@H]5[C@H](C)CC[C@@H]([C@H]2C)[C@@]35OO4)OC(=O)OCCF)O[C@@H]2O[C@]3(C)CC[C@H]4[C@H](C)CC[C@@H]1[C@@]24OO3. The van der Waals surface area contributed by atoms with Gasteiger partial charge < -0.3 is 28.4 Å². The number of hydrogen-bond acceptors (Lipinski definition) is 11. The van der Waals surface area contributed by atoms with Crippen LogP contribution in [0.5, 0.6) is 0 Å². The quantitative estimate of drug-likeness (QED) is 0.233. The van der Waals surface area contributed by atoms with Gasteiger partial charge >= 0.3 is 6.16 Å². The number of rotatable bonds is 6. The Balaban J connectivity index is 1.11. The number of ether oxygens (including phenoxy) is 6. The average molecular weight is 669 g/mol. The highest BCUT2D eigenvalue weighted by Crippen LogP contribution is 2.63. The van der Waals surface area contributed by atoms with Gasteiger partial charge in [0.2, 0.25) is 11.6 Å². The Hall–Kier alpha value is -1.12. The molecule has 8 aliphatic heterocycles. The Bertz CT molecular complexity index is 1210. The molecule has 0 aromatic heterocycles. The molecule has 2 aliphatic carbocycles. The zero-order valence-electron chi connectivity index (χ0n) is 28.7. The van der Waals surface area contributed by atoms with Crippen molar-refractivity contribution in [2.24, 2.45) is 47.3 Å². The van der Waals surface area contributed by atoms with Gasteiger partial charge in [-0.15, -0.1) is 0 Å². The summed E-state index contributed by atoms with van der Waals surface area (Å²) in [7, 11) is 0. The van der Waals surface area contributed by atoms with Crippen LogP contribution in [0.4, 0.5) is 9.18 Å². The molecule has 266 valence electrons. The number of carbonyl (C=O) groups is 1. The molecule has 0 aromatic carbocycles. The molecule has 10 rings (SSSR count). The average Bonchev–Trinajstić information content (AvgIpc) is 3.41. The normalized spacial score (nSPS) is 55.2. The van der Waals surface area contributed by atoms with Crippen LogP contribution in [0.3, 0.4) is 0 Å². The topological polar surface area (TPSA) is 109 Å². The minimum Gasteiger partial charge on any atom is -0.432 e. The lowest BCUT2D eigenvalue weighted by atomic mass is 9.56.